The van der Waals surface area contributed by atoms with Gasteiger partial charge in [0.1, 0.15) is 12.1 Å². The van der Waals surface area contributed by atoms with Crippen LogP contribution < -0.4 is 10.6 Å². The van der Waals surface area contributed by atoms with Gasteiger partial charge in [0.15, 0.2) is 0 Å². The average molecular weight is 593 g/mol. The van der Waals surface area contributed by atoms with Crippen molar-refractivity contribution in [2.24, 2.45) is 0 Å². The molecule has 0 spiro atoms. The Morgan fingerprint density at radius 2 is 1.80 bits per heavy atom. The van der Waals surface area contributed by atoms with Gasteiger partial charge in [-0.1, -0.05) is 65.8 Å². The van der Waals surface area contributed by atoms with Crippen LogP contribution in [0, 0.1) is 6.92 Å². The van der Waals surface area contributed by atoms with Gasteiger partial charge in [0.2, 0.25) is 16.6 Å². The third-order valence-electron chi connectivity index (χ3n) is 6.93. The molecule has 2 amide bonds. The molecule has 0 aliphatic carbocycles. The molecule has 0 bridgehead atoms. The summed E-state index contributed by atoms with van der Waals surface area (Å²) in [6.45, 7) is 8.92. The van der Waals surface area contributed by atoms with Crippen molar-refractivity contribution in [2.45, 2.75) is 65.0 Å². The molecule has 0 aromatic heterocycles. The first-order valence-corrected chi connectivity index (χ1v) is 15.5. The van der Waals surface area contributed by atoms with Crippen molar-refractivity contribution in [3.63, 3.8) is 0 Å². The number of anilines is 1. The molecule has 0 fully saturated rings. The van der Waals surface area contributed by atoms with Crippen LogP contribution in [0.25, 0.3) is 0 Å². The molecule has 1 atom stereocenters. The van der Waals surface area contributed by atoms with Gasteiger partial charge in [-0.2, -0.15) is 4.58 Å². The Morgan fingerprint density at radius 3 is 2.51 bits per heavy atom. The number of nitrogens with zero attached hydrogens (tertiary/aromatic N) is 1. The number of hydrogen-bond acceptors (Lipinski definition) is 4. The summed E-state index contributed by atoms with van der Waals surface area (Å²) in [7, 11) is 0. The highest BCUT2D eigenvalue weighted by atomic mass is 35.5. The topological polar surface area (TPSA) is 70.4 Å². The number of nitrogens with one attached hydrogen (secondary N) is 2. The number of ether oxygens (including phenoxy) is 1. The fraction of sp³-hybridized carbons (Fsp3) is 0.364. The number of aryl methyl sites for hydroxylation is 1. The number of carbonyl (C=O) groups is 2. The van der Waals surface area contributed by atoms with Crippen LogP contribution in [-0.2, 0) is 22.5 Å². The quantitative estimate of drug-likeness (QED) is 0.261. The molecule has 4 rings (SSSR count). The first-order valence-electron chi connectivity index (χ1n) is 13.9. The van der Waals surface area contributed by atoms with Crippen molar-refractivity contribution in [1.82, 2.24) is 5.32 Å². The van der Waals surface area contributed by atoms with Crippen LogP contribution in [0.15, 0.2) is 66.7 Å². The fourth-order valence-electron chi connectivity index (χ4n) is 5.07. The largest absolute Gasteiger partial charge is 0.444 e. The van der Waals surface area contributed by atoms with E-state index >= 15 is 0 Å². The second-order valence-corrected chi connectivity index (χ2v) is 12.6. The number of halogens is 1. The van der Waals surface area contributed by atoms with Crippen LogP contribution in [0.5, 0.6) is 0 Å². The lowest BCUT2D eigenvalue weighted by Crippen LogP contribution is -2.32. The summed E-state index contributed by atoms with van der Waals surface area (Å²) in [6.07, 6.45) is 4.37. The summed E-state index contributed by atoms with van der Waals surface area (Å²) in [5.74, 6) is -0.632. The monoisotopic (exact) mass is 592 g/mol. The smallest absolute Gasteiger partial charge is 0.407 e. The van der Waals surface area contributed by atoms with E-state index < -0.39 is 17.6 Å². The third-order valence-corrected chi connectivity index (χ3v) is 8.17. The van der Waals surface area contributed by atoms with Crippen molar-refractivity contribution >= 4 is 51.8 Å². The van der Waals surface area contributed by atoms with Gasteiger partial charge in [0.25, 0.3) is 0 Å². The molecule has 1 aliphatic rings. The summed E-state index contributed by atoms with van der Waals surface area (Å²) in [6, 6.07) is 21.5. The number of carbonyl (C=O) groups excluding carboxylic acids is 2. The Balaban J connectivity index is 1.53. The molecular weight excluding hydrogens is 554 g/mol. The molecule has 0 saturated carbocycles. The van der Waals surface area contributed by atoms with Gasteiger partial charge in [0.05, 0.1) is 5.92 Å². The Labute approximate surface area is 252 Å². The minimum atomic E-state index is -0.565. The van der Waals surface area contributed by atoms with Gasteiger partial charge in [-0.3, -0.25) is 4.79 Å². The summed E-state index contributed by atoms with van der Waals surface area (Å²) < 4.78 is 7.72. The van der Waals surface area contributed by atoms with E-state index in [0.29, 0.717) is 18.0 Å². The number of hydrogen-bond donors (Lipinski definition) is 2. The lowest BCUT2D eigenvalue weighted by Gasteiger charge is -2.20. The zero-order valence-electron chi connectivity index (χ0n) is 24.4. The second kappa shape index (κ2) is 13.6. The van der Waals surface area contributed by atoms with Crippen LogP contribution in [0.2, 0.25) is 5.02 Å². The van der Waals surface area contributed by atoms with Crippen LogP contribution in [-0.4, -0.2) is 40.0 Å². The molecule has 41 heavy (non-hydrogen) atoms. The standard InChI is InChI=1S/C33H38ClN3O3S/c1-22-18-25(15-16-29(22)37-17-9-14-30(37)41-5)36-31(38)27(26-12-6-7-13-28(26)34)20-23-10-8-11-24(19-23)21-35-32(39)40-33(2,3)4/h6-8,10-13,15-16,18-19,27H,9,14,17,20-21H2,1-5H3,(H-,35,36,38,39)/p+1. The summed E-state index contributed by atoms with van der Waals surface area (Å²) in [5.41, 5.74) is 5.15. The predicted molar refractivity (Wildman–Crippen MR) is 170 cm³/mol. The summed E-state index contributed by atoms with van der Waals surface area (Å²) in [5, 5.41) is 7.88. The molecule has 216 valence electrons. The van der Waals surface area contributed by atoms with E-state index in [2.05, 4.69) is 34.5 Å². The van der Waals surface area contributed by atoms with E-state index in [1.807, 2.05) is 81.4 Å². The van der Waals surface area contributed by atoms with E-state index in [0.717, 1.165) is 47.3 Å². The van der Waals surface area contributed by atoms with Crippen LogP contribution in [0.1, 0.15) is 61.8 Å². The second-order valence-electron chi connectivity index (χ2n) is 11.3. The van der Waals surface area contributed by atoms with Crippen LogP contribution in [0.4, 0.5) is 16.2 Å². The number of thioether (sulfide) groups is 1. The van der Waals surface area contributed by atoms with Crippen molar-refractivity contribution in [3.8, 4) is 0 Å². The van der Waals surface area contributed by atoms with E-state index in [4.69, 9.17) is 16.3 Å². The highest BCUT2D eigenvalue weighted by Crippen LogP contribution is 2.31. The van der Waals surface area contributed by atoms with Crippen molar-refractivity contribution in [2.75, 3.05) is 18.1 Å². The highest BCUT2D eigenvalue weighted by molar-refractivity contribution is 8.13. The Hall–Kier alpha value is -3.29. The SMILES string of the molecule is CSC1=[N+](c2ccc(NC(=O)C(Cc3cccc(CNC(=O)OC(C)(C)C)c3)c3ccccc3Cl)cc2C)CCC1. The average Bonchev–Trinajstić information content (AvgIpc) is 3.39. The Bertz CT molecular complexity index is 1450. The van der Waals surface area contributed by atoms with Gasteiger partial charge in [-0.15, -0.1) is 0 Å². The zero-order valence-corrected chi connectivity index (χ0v) is 26.0. The van der Waals surface area contributed by atoms with Crippen LogP contribution >= 0.6 is 23.4 Å². The minimum Gasteiger partial charge on any atom is -0.444 e. The lowest BCUT2D eigenvalue weighted by atomic mass is 9.90. The molecule has 1 unspecified atom stereocenters. The number of amides is 2. The highest BCUT2D eigenvalue weighted by Gasteiger charge is 2.27. The molecule has 0 radical (unpaired) electrons. The number of alkyl carbamates (subject to hydrolysis) is 1. The number of benzene rings is 3. The molecular formula is C33H39ClN3O3S+. The minimum absolute atomic E-state index is 0.125. The first-order chi connectivity index (χ1) is 19.5. The molecule has 0 saturated heterocycles. The third kappa shape index (κ3) is 8.37. The van der Waals surface area contributed by atoms with Crippen LogP contribution in [0.3, 0.4) is 0 Å². The molecule has 6 nitrogen and oxygen atoms in total. The molecule has 3 aromatic carbocycles. The maximum atomic E-state index is 13.8. The van der Waals surface area contributed by atoms with E-state index in [1.165, 1.54) is 10.7 Å². The van der Waals surface area contributed by atoms with E-state index in [9.17, 15) is 9.59 Å². The van der Waals surface area contributed by atoms with Crippen molar-refractivity contribution in [3.05, 3.63) is 94.0 Å². The lowest BCUT2D eigenvalue weighted by molar-refractivity contribution is -0.428. The molecule has 1 heterocycles. The molecule has 3 aromatic rings. The van der Waals surface area contributed by atoms with Gasteiger partial charge in [-0.05, 0) is 75.3 Å². The first kappa shape index (κ1) is 30.7. The van der Waals surface area contributed by atoms with Crippen molar-refractivity contribution in [1.29, 1.82) is 0 Å². The maximum absolute atomic E-state index is 13.8. The van der Waals surface area contributed by atoms with E-state index in [1.54, 1.807) is 11.8 Å². The number of rotatable bonds is 8. The van der Waals surface area contributed by atoms with Gasteiger partial charge in [-0.25, -0.2) is 4.79 Å². The Morgan fingerprint density at radius 1 is 1.05 bits per heavy atom. The van der Waals surface area contributed by atoms with Gasteiger partial charge >= 0.3 is 6.09 Å². The maximum Gasteiger partial charge on any atom is 0.407 e. The molecule has 2 N–H and O–H groups in total. The zero-order chi connectivity index (χ0) is 29.6. The van der Waals surface area contributed by atoms with Crippen molar-refractivity contribution < 1.29 is 18.9 Å². The van der Waals surface area contributed by atoms with E-state index in [-0.39, 0.29) is 5.91 Å². The van der Waals surface area contributed by atoms with Gasteiger partial charge in [0, 0.05) is 41.7 Å². The molecule has 1 aliphatic heterocycles. The molecule has 8 heteroatoms. The predicted octanol–water partition coefficient (Wildman–Crippen LogP) is 7.84. The summed E-state index contributed by atoms with van der Waals surface area (Å²) >= 11 is 8.40. The fourth-order valence-corrected chi connectivity index (χ4v) is 6.10. The normalized spacial score (nSPS) is 14.1. The summed E-state index contributed by atoms with van der Waals surface area (Å²) in [4.78, 5) is 25.9. The van der Waals surface area contributed by atoms with Gasteiger partial charge < -0.3 is 15.4 Å². The Kier molecular flexibility index (Phi) is 10.2.